The van der Waals surface area contributed by atoms with Gasteiger partial charge in [-0.05, 0) is 56.1 Å². The Morgan fingerprint density at radius 2 is 2.00 bits per heavy atom. The van der Waals surface area contributed by atoms with Crippen LogP contribution in [0.5, 0.6) is 0 Å². The van der Waals surface area contributed by atoms with E-state index in [4.69, 9.17) is 4.98 Å². The van der Waals surface area contributed by atoms with Crippen molar-refractivity contribution in [2.45, 2.75) is 51.4 Å². The molecule has 0 atom stereocenters. The summed E-state index contributed by atoms with van der Waals surface area (Å²) in [5, 5.41) is 12.7. The molecule has 100 valence electrons. The van der Waals surface area contributed by atoms with Gasteiger partial charge in [-0.15, -0.1) is 0 Å². The molecule has 0 aliphatic heterocycles. The number of pyridine rings is 1. The topological polar surface area (TPSA) is 48.7 Å². The molecule has 1 fully saturated rings. The lowest BCUT2D eigenvalue weighted by Gasteiger charge is -2.18. The SMILES string of the molecule is N#Cc1cc2c(nc1NCC1CCCC1)CCCC2. The van der Waals surface area contributed by atoms with Crippen LogP contribution in [0.15, 0.2) is 6.07 Å². The molecule has 19 heavy (non-hydrogen) atoms. The maximum Gasteiger partial charge on any atom is 0.144 e. The van der Waals surface area contributed by atoms with E-state index in [0.29, 0.717) is 0 Å². The van der Waals surface area contributed by atoms with Gasteiger partial charge in [0.05, 0.1) is 5.56 Å². The van der Waals surface area contributed by atoms with Gasteiger partial charge >= 0.3 is 0 Å². The molecule has 3 nitrogen and oxygen atoms in total. The van der Waals surface area contributed by atoms with E-state index in [1.54, 1.807) is 0 Å². The van der Waals surface area contributed by atoms with Crippen LogP contribution in [0.25, 0.3) is 0 Å². The molecule has 1 saturated carbocycles. The van der Waals surface area contributed by atoms with E-state index >= 15 is 0 Å². The van der Waals surface area contributed by atoms with Gasteiger partial charge < -0.3 is 5.32 Å². The van der Waals surface area contributed by atoms with Gasteiger partial charge in [-0.1, -0.05) is 12.8 Å². The lowest BCUT2D eigenvalue weighted by atomic mass is 9.95. The largest absolute Gasteiger partial charge is 0.369 e. The molecule has 0 saturated heterocycles. The van der Waals surface area contributed by atoms with Crippen LogP contribution in [0.3, 0.4) is 0 Å². The van der Waals surface area contributed by atoms with Crippen molar-refractivity contribution >= 4 is 5.82 Å². The Labute approximate surface area is 115 Å². The fourth-order valence-electron chi connectivity index (χ4n) is 3.31. The number of fused-ring (bicyclic) bond motifs is 1. The Kier molecular flexibility index (Phi) is 3.68. The second-order valence-electron chi connectivity index (χ2n) is 5.84. The first kappa shape index (κ1) is 12.5. The molecule has 2 aliphatic rings. The minimum atomic E-state index is 0.721. The summed E-state index contributed by atoms with van der Waals surface area (Å²) in [6, 6.07) is 4.35. The standard InChI is InChI=1S/C16H21N3/c17-10-14-9-13-7-3-4-8-15(13)19-16(14)18-11-12-5-1-2-6-12/h9,12H,1-8,11H2,(H,18,19). The zero-order chi connectivity index (χ0) is 13.1. The highest BCUT2D eigenvalue weighted by atomic mass is 15.0. The number of anilines is 1. The molecule has 1 aromatic heterocycles. The average molecular weight is 255 g/mol. The number of nitriles is 1. The fourth-order valence-corrected chi connectivity index (χ4v) is 3.31. The number of hydrogen-bond acceptors (Lipinski definition) is 3. The Bertz CT molecular complexity index is 495. The smallest absolute Gasteiger partial charge is 0.144 e. The maximum absolute atomic E-state index is 9.28. The highest BCUT2D eigenvalue weighted by Crippen LogP contribution is 2.27. The van der Waals surface area contributed by atoms with Gasteiger partial charge in [-0.2, -0.15) is 5.26 Å². The van der Waals surface area contributed by atoms with Crippen LogP contribution in [0.1, 0.15) is 55.3 Å². The summed E-state index contributed by atoms with van der Waals surface area (Å²) in [6.45, 7) is 0.973. The second kappa shape index (κ2) is 5.61. The summed E-state index contributed by atoms with van der Waals surface area (Å²) in [5.74, 6) is 1.58. The van der Waals surface area contributed by atoms with Gasteiger partial charge in [-0.3, -0.25) is 0 Å². The third-order valence-corrected chi connectivity index (χ3v) is 4.45. The summed E-state index contributed by atoms with van der Waals surface area (Å²) >= 11 is 0. The Morgan fingerprint density at radius 3 is 2.79 bits per heavy atom. The third-order valence-electron chi connectivity index (χ3n) is 4.45. The van der Waals surface area contributed by atoms with Crippen molar-refractivity contribution in [2.24, 2.45) is 5.92 Å². The monoisotopic (exact) mass is 255 g/mol. The van der Waals surface area contributed by atoms with Crippen molar-refractivity contribution < 1.29 is 0 Å². The zero-order valence-corrected chi connectivity index (χ0v) is 11.4. The third kappa shape index (κ3) is 2.73. The van der Waals surface area contributed by atoms with E-state index in [-0.39, 0.29) is 0 Å². The molecular weight excluding hydrogens is 234 g/mol. The van der Waals surface area contributed by atoms with Crippen molar-refractivity contribution in [2.75, 3.05) is 11.9 Å². The maximum atomic E-state index is 9.28. The lowest BCUT2D eigenvalue weighted by Crippen LogP contribution is -2.15. The summed E-state index contributed by atoms with van der Waals surface area (Å²) in [5.41, 5.74) is 3.21. The summed E-state index contributed by atoms with van der Waals surface area (Å²) in [6.07, 6.45) is 9.96. The first-order valence-electron chi connectivity index (χ1n) is 7.53. The molecule has 0 aromatic carbocycles. The quantitative estimate of drug-likeness (QED) is 0.900. The van der Waals surface area contributed by atoms with Crippen molar-refractivity contribution in [1.82, 2.24) is 4.98 Å². The molecule has 3 rings (SSSR count). The zero-order valence-electron chi connectivity index (χ0n) is 11.4. The number of aryl methyl sites for hydroxylation is 2. The van der Waals surface area contributed by atoms with Gasteiger partial charge in [0.15, 0.2) is 0 Å². The first-order chi connectivity index (χ1) is 9.36. The van der Waals surface area contributed by atoms with Crippen LogP contribution in [0.2, 0.25) is 0 Å². The first-order valence-corrected chi connectivity index (χ1v) is 7.53. The highest BCUT2D eigenvalue weighted by Gasteiger charge is 2.18. The van der Waals surface area contributed by atoms with E-state index in [1.165, 1.54) is 49.8 Å². The van der Waals surface area contributed by atoms with E-state index in [2.05, 4.69) is 17.5 Å². The van der Waals surface area contributed by atoms with Crippen LogP contribution in [0.4, 0.5) is 5.82 Å². The van der Waals surface area contributed by atoms with Crippen molar-refractivity contribution in [3.8, 4) is 6.07 Å². The Morgan fingerprint density at radius 1 is 1.21 bits per heavy atom. The van der Waals surface area contributed by atoms with Gasteiger partial charge in [-0.25, -0.2) is 4.98 Å². The number of aromatic nitrogens is 1. The van der Waals surface area contributed by atoms with E-state index in [1.807, 2.05) is 0 Å². The lowest BCUT2D eigenvalue weighted by molar-refractivity contribution is 0.578. The van der Waals surface area contributed by atoms with Crippen LogP contribution in [-0.4, -0.2) is 11.5 Å². The van der Waals surface area contributed by atoms with Crippen molar-refractivity contribution in [3.63, 3.8) is 0 Å². The van der Waals surface area contributed by atoms with Crippen LogP contribution in [0, 0.1) is 17.2 Å². The molecule has 0 bridgehead atoms. The minimum absolute atomic E-state index is 0.721. The summed E-state index contributed by atoms with van der Waals surface area (Å²) < 4.78 is 0. The van der Waals surface area contributed by atoms with E-state index < -0.39 is 0 Å². The normalized spacial score (nSPS) is 18.9. The van der Waals surface area contributed by atoms with Crippen molar-refractivity contribution in [3.05, 3.63) is 22.9 Å². The molecule has 0 radical (unpaired) electrons. The molecule has 0 spiro atoms. The van der Waals surface area contributed by atoms with Crippen molar-refractivity contribution in [1.29, 1.82) is 5.26 Å². The molecule has 0 unspecified atom stereocenters. The molecule has 0 amide bonds. The Hall–Kier alpha value is -1.56. The molecular formula is C16H21N3. The molecule has 1 aromatic rings. The molecule has 1 heterocycles. The van der Waals surface area contributed by atoms with Gasteiger partial charge in [0.2, 0.25) is 0 Å². The number of hydrogen-bond donors (Lipinski definition) is 1. The van der Waals surface area contributed by atoms with Gasteiger partial charge in [0.25, 0.3) is 0 Å². The summed E-state index contributed by atoms with van der Waals surface area (Å²) in [7, 11) is 0. The van der Waals surface area contributed by atoms with Crippen LogP contribution in [-0.2, 0) is 12.8 Å². The van der Waals surface area contributed by atoms with Gasteiger partial charge in [0, 0.05) is 12.2 Å². The number of rotatable bonds is 3. The van der Waals surface area contributed by atoms with Crippen LogP contribution < -0.4 is 5.32 Å². The highest BCUT2D eigenvalue weighted by molar-refractivity contribution is 5.54. The second-order valence-corrected chi connectivity index (χ2v) is 5.84. The van der Waals surface area contributed by atoms with Gasteiger partial charge in [0.1, 0.15) is 11.9 Å². The van der Waals surface area contributed by atoms with Crippen LogP contribution >= 0.6 is 0 Å². The predicted molar refractivity (Wildman–Crippen MR) is 76.0 cm³/mol. The Balaban J connectivity index is 1.77. The molecule has 2 aliphatic carbocycles. The summed E-state index contributed by atoms with van der Waals surface area (Å²) in [4.78, 5) is 4.71. The minimum Gasteiger partial charge on any atom is -0.369 e. The average Bonchev–Trinajstić information content (AvgIpc) is 2.97. The predicted octanol–water partition coefficient (Wildman–Crippen LogP) is 3.43. The number of nitrogens with one attached hydrogen (secondary N) is 1. The fraction of sp³-hybridized carbons (Fsp3) is 0.625. The molecule has 3 heteroatoms. The number of nitrogens with zero attached hydrogens (tertiary/aromatic N) is 2. The van der Waals surface area contributed by atoms with E-state index in [0.717, 1.165) is 36.7 Å². The molecule has 1 N–H and O–H groups in total. The van der Waals surface area contributed by atoms with E-state index in [9.17, 15) is 5.26 Å².